The molecule has 114 valence electrons. The number of halogens is 1. The number of aryl methyl sites for hydroxylation is 1. The van der Waals surface area contributed by atoms with Gasteiger partial charge < -0.3 is 14.9 Å². The van der Waals surface area contributed by atoms with Crippen LogP contribution in [-0.4, -0.2) is 28.4 Å². The second-order valence-electron chi connectivity index (χ2n) is 4.36. The maximum atomic E-state index is 11.4. The molecule has 0 fully saturated rings. The number of aromatic hydroxyl groups is 1. The highest BCUT2D eigenvalue weighted by molar-refractivity contribution is 6.19. The molecule has 1 rings (SSSR count). The van der Waals surface area contributed by atoms with Crippen LogP contribution < -0.4 is 0 Å². The van der Waals surface area contributed by atoms with E-state index >= 15 is 0 Å². The van der Waals surface area contributed by atoms with Gasteiger partial charge in [-0.3, -0.25) is 0 Å². The summed E-state index contributed by atoms with van der Waals surface area (Å²) in [6.07, 6.45) is 2.45. The predicted molar refractivity (Wildman–Crippen MR) is 80.2 cm³/mol. The van der Waals surface area contributed by atoms with Gasteiger partial charge in [0.1, 0.15) is 11.3 Å². The van der Waals surface area contributed by atoms with Gasteiger partial charge in [-0.05, 0) is 43.5 Å². The highest BCUT2D eigenvalue weighted by Gasteiger charge is 2.09. The minimum absolute atomic E-state index is 0.162. The van der Waals surface area contributed by atoms with E-state index in [2.05, 4.69) is 0 Å². The number of benzene rings is 1. The van der Waals surface area contributed by atoms with Crippen molar-refractivity contribution in [3.8, 4) is 5.75 Å². The number of ether oxygens (including phenoxy) is 1. The Morgan fingerprint density at radius 2 is 2.00 bits per heavy atom. The molecule has 5 heteroatoms. The van der Waals surface area contributed by atoms with E-state index in [0.717, 1.165) is 18.4 Å². The number of rotatable bonds is 5. The Morgan fingerprint density at radius 1 is 1.35 bits per heavy atom. The second kappa shape index (κ2) is 10.5. The van der Waals surface area contributed by atoms with E-state index < -0.39 is 5.56 Å². The van der Waals surface area contributed by atoms with Crippen molar-refractivity contribution < 1.29 is 19.7 Å². The Balaban J connectivity index is 0.000000511. The SMILES string of the molecule is CCCC(O)Cl.CCCOC(=O)c1ccc(O)cc1C. The van der Waals surface area contributed by atoms with E-state index in [9.17, 15) is 4.79 Å². The maximum absolute atomic E-state index is 11.4. The molecule has 20 heavy (non-hydrogen) atoms. The lowest BCUT2D eigenvalue weighted by molar-refractivity contribution is 0.0504. The van der Waals surface area contributed by atoms with Gasteiger partial charge >= 0.3 is 5.97 Å². The minimum Gasteiger partial charge on any atom is -0.508 e. The summed E-state index contributed by atoms with van der Waals surface area (Å²) in [5.74, 6) is -0.168. The van der Waals surface area contributed by atoms with Crippen molar-refractivity contribution in [3.05, 3.63) is 29.3 Å². The topological polar surface area (TPSA) is 66.8 Å². The van der Waals surface area contributed by atoms with Gasteiger partial charge in [-0.15, -0.1) is 0 Å². The number of aliphatic hydroxyl groups excluding tert-OH is 1. The summed E-state index contributed by atoms with van der Waals surface area (Å²) in [6.45, 7) is 6.12. The largest absolute Gasteiger partial charge is 0.508 e. The fraction of sp³-hybridized carbons (Fsp3) is 0.533. The smallest absolute Gasteiger partial charge is 0.338 e. The summed E-state index contributed by atoms with van der Waals surface area (Å²) in [6, 6.07) is 4.60. The molecule has 0 heterocycles. The molecule has 0 radical (unpaired) electrons. The van der Waals surface area contributed by atoms with Crippen LogP contribution >= 0.6 is 11.6 Å². The molecular formula is C15H23ClO4. The summed E-state index contributed by atoms with van der Waals surface area (Å²) in [5.41, 5.74) is 0.609. The molecule has 0 aliphatic carbocycles. The number of alkyl halides is 1. The third kappa shape index (κ3) is 8.02. The predicted octanol–water partition coefficient (Wildman–Crippen LogP) is 3.61. The normalized spacial score (nSPS) is 11.2. The molecule has 0 aromatic heterocycles. The Morgan fingerprint density at radius 3 is 2.40 bits per heavy atom. The molecular weight excluding hydrogens is 280 g/mol. The molecule has 1 aromatic carbocycles. The Hall–Kier alpha value is -1.26. The van der Waals surface area contributed by atoms with Crippen LogP contribution in [0.3, 0.4) is 0 Å². The molecule has 0 amide bonds. The summed E-state index contributed by atoms with van der Waals surface area (Å²) >= 11 is 5.13. The highest BCUT2D eigenvalue weighted by Crippen LogP contribution is 2.16. The van der Waals surface area contributed by atoms with Crippen molar-refractivity contribution >= 4 is 17.6 Å². The van der Waals surface area contributed by atoms with E-state index in [0.29, 0.717) is 18.6 Å². The van der Waals surface area contributed by atoms with Crippen LogP contribution in [0.25, 0.3) is 0 Å². The number of aliphatic hydroxyl groups is 1. The molecule has 0 aliphatic heterocycles. The van der Waals surface area contributed by atoms with Crippen molar-refractivity contribution in [2.24, 2.45) is 0 Å². The first kappa shape index (κ1) is 18.7. The number of hydrogen-bond donors (Lipinski definition) is 2. The van der Waals surface area contributed by atoms with Crippen molar-refractivity contribution in [2.45, 2.75) is 45.6 Å². The van der Waals surface area contributed by atoms with Gasteiger partial charge in [0.05, 0.1) is 12.2 Å². The number of phenolic OH excluding ortho intramolecular Hbond substituents is 1. The second-order valence-corrected chi connectivity index (χ2v) is 4.86. The molecule has 0 saturated carbocycles. The summed E-state index contributed by atoms with van der Waals surface area (Å²) < 4.78 is 4.98. The van der Waals surface area contributed by atoms with Gasteiger partial charge in [0.15, 0.2) is 0 Å². The third-order valence-corrected chi connectivity index (χ3v) is 2.61. The maximum Gasteiger partial charge on any atom is 0.338 e. The van der Waals surface area contributed by atoms with Crippen molar-refractivity contribution in [1.82, 2.24) is 0 Å². The standard InChI is InChI=1S/C11H14O3.C4H9ClO/c1-3-6-14-11(13)10-5-4-9(12)7-8(10)2;1-2-3-4(5)6/h4-5,7,12H,3,6H2,1-2H3;4,6H,2-3H2,1H3. The van der Waals surface area contributed by atoms with Crippen molar-refractivity contribution in [1.29, 1.82) is 0 Å². The van der Waals surface area contributed by atoms with Crippen molar-refractivity contribution in [2.75, 3.05) is 6.61 Å². The minimum atomic E-state index is -0.630. The van der Waals surface area contributed by atoms with E-state index in [1.165, 1.54) is 6.07 Å². The van der Waals surface area contributed by atoms with Gasteiger partial charge in [-0.1, -0.05) is 31.9 Å². The summed E-state index contributed by atoms with van der Waals surface area (Å²) in [5, 5.41) is 17.5. The first-order valence-electron chi connectivity index (χ1n) is 6.71. The third-order valence-electron chi connectivity index (χ3n) is 2.39. The quantitative estimate of drug-likeness (QED) is 0.644. The fourth-order valence-electron chi connectivity index (χ4n) is 1.39. The zero-order valence-electron chi connectivity index (χ0n) is 12.2. The molecule has 4 nitrogen and oxygen atoms in total. The number of hydrogen-bond acceptors (Lipinski definition) is 4. The van der Waals surface area contributed by atoms with Crippen LogP contribution in [0.5, 0.6) is 5.75 Å². The van der Waals surface area contributed by atoms with Gasteiger partial charge in [-0.2, -0.15) is 0 Å². The van der Waals surface area contributed by atoms with E-state index in [4.69, 9.17) is 26.6 Å². The van der Waals surface area contributed by atoms with Gasteiger partial charge in [0.25, 0.3) is 0 Å². The van der Waals surface area contributed by atoms with Crippen LogP contribution in [0.1, 0.15) is 49.0 Å². The Labute approximate surface area is 125 Å². The van der Waals surface area contributed by atoms with Crippen LogP contribution in [0.2, 0.25) is 0 Å². The molecule has 1 unspecified atom stereocenters. The average Bonchev–Trinajstić information content (AvgIpc) is 2.36. The lowest BCUT2D eigenvalue weighted by Gasteiger charge is -2.05. The molecule has 1 atom stereocenters. The number of carbonyl (C=O) groups excluding carboxylic acids is 1. The molecule has 1 aromatic rings. The van der Waals surface area contributed by atoms with E-state index in [-0.39, 0.29) is 11.7 Å². The highest BCUT2D eigenvalue weighted by atomic mass is 35.5. The summed E-state index contributed by atoms with van der Waals surface area (Å²) in [4.78, 5) is 11.4. The van der Waals surface area contributed by atoms with Gasteiger partial charge in [-0.25, -0.2) is 4.79 Å². The Bertz CT molecular complexity index is 405. The first-order chi connectivity index (χ1) is 9.42. The van der Waals surface area contributed by atoms with E-state index in [1.807, 2.05) is 13.8 Å². The molecule has 2 N–H and O–H groups in total. The zero-order valence-corrected chi connectivity index (χ0v) is 13.0. The lowest BCUT2D eigenvalue weighted by Crippen LogP contribution is -2.07. The average molecular weight is 303 g/mol. The van der Waals surface area contributed by atoms with Crippen LogP contribution in [0, 0.1) is 6.92 Å². The van der Waals surface area contributed by atoms with Crippen LogP contribution in [0.15, 0.2) is 18.2 Å². The Kier molecular flexibility index (Phi) is 9.86. The van der Waals surface area contributed by atoms with Gasteiger partial charge in [0.2, 0.25) is 0 Å². The number of phenols is 1. The zero-order chi connectivity index (χ0) is 15.5. The molecule has 0 bridgehead atoms. The molecule has 0 aliphatic rings. The molecule has 0 spiro atoms. The molecule has 0 saturated heterocycles. The van der Waals surface area contributed by atoms with Crippen LogP contribution in [-0.2, 0) is 4.74 Å². The first-order valence-corrected chi connectivity index (χ1v) is 7.14. The van der Waals surface area contributed by atoms with Crippen LogP contribution in [0.4, 0.5) is 0 Å². The monoisotopic (exact) mass is 302 g/mol. The van der Waals surface area contributed by atoms with Gasteiger partial charge in [0, 0.05) is 0 Å². The van der Waals surface area contributed by atoms with Crippen molar-refractivity contribution in [3.63, 3.8) is 0 Å². The lowest BCUT2D eigenvalue weighted by atomic mass is 10.1. The summed E-state index contributed by atoms with van der Waals surface area (Å²) in [7, 11) is 0. The number of esters is 1. The fourth-order valence-corrected chi connectivity index (χ4v) is 1.61. The number of carbonyl (C=O) groups is 1. The van der Waals surface area contributed by atoms with E-state index in [1.54, 1.807) is 19.1 Å².